The standard InChI is InChI=1S/C54H68F3N7O6S/c1-32-21-40-39-13-9-10-14-43(39)60-47(40)48(64(32)30-54(6,7)57)46-41(55)23-37(24-42(46)56)70-38-27-62(28-38)19-11-8-12-20-69-29-45(66)61-50(53(3,4)5)52(68)63-26-36(65)22-44(63)51(67)58-25-34-15-17-35(18-16-34)49-33(2)59-31-71-49/h9-10,13-18,23-24,31-32,36,38,44,48,50,60,65H,8,11-12,19-22,25-30H2,1-7H3,(H,58,67)(H,61,66)/t32-,36-,44+,48-,50-/m1/s1. The molecular weight excluding hydrogens is 932 g/mol. The summed E-state index contributed by atoms with van der Waals surface area (Å²) in [7, 11) is 0. The summed E-state index contributed by atoms with van der Waals surface area (Å²) in [4.78, 5) is 54.8. The number of nitrogens with zero attached hydrogens (tertiary/aromatic N) is 4. The lowest BCUT2D eigenvalue weighted by molar-refractivity contribution is -0.144. The van der Waals surface area contributed by atoms with Crippen molar-refractivity contribution in [3.8, 4) is 16.2 Å². The molecule has 3 aliphatic heterocycles. The van der Waals surface area contributed by atoms with Crippen molar-refractivity contribution in [3.63, 3.8) is 0 Å². The first-order chi connectivity index (χ1) is 33.7. The summed E-state index contributed by atoms with van der Waals surface area (Å²) >= 11 is 1.57. The third kappa shape index (κ3) is 12.3. The molecule has 4 N–H and O–H groups in total. The van der Waals surface area contributed by atoms with Crippen molar-refractivity contribution in [1.29, 1.82) is 0 Å². The molecule has 5 atom stereocenters. The van der Waals surface area contributed by atoms with Crippen molar-refractivity contribution in [1.82, 2.24) is 35.3 Å². The summed E-state index contributed by atoms with van der Waals surface area (Å²) in [6, 6.07) is 15.3. The van der Waals surface area contributed by atoms with E-state index < -0.39 is 58.8 Å². The highest BCUT2D eigenvalue weighted by molar-refractivity contribution is 7.13. The Morgan fingerprint density at radius 1 is 0.986 bits per heavy atom. The first kappa shape index (κ1) is 52.0. The molecular formula is C54H68F3N7O6S. The Morgan fingerprint density at radius 3 is 2.38 bits per heavy atom. The molecule has 5 heterocycles. The number of carbonyl (C=O) groups excluding carboxylic acids is 3. The van der Waals surface area contributed by atoms with Crippen molar-refractivity contribution in [2.24, 2.45) is 5.41 Å². The average molecular weight is 1000 g/mol. The number of hydrogen-bond donors (Lipinski definition) is 4. The number of halogens is 3. The second kappa shape index (κ2) is 21.8. The number of thiazole rings is 1. The first-order valence-corrected chi connectivity index (χ1v) is 25.7. The van der Waals surface area contributed by atoms with Crippen LogP contribution in [0.3, 0.4) is 0 Å². The van der Waals surface area contributed by atoms with Crippen molar-refractivity contribution < 1.29 is 42.1 Å². The lowest BCUT2D eigenvalue weighted by atomic mass is 9.85. The molecule has 0 bridgehead atoms. The van der Waals surface area contributed by atoms with Gasteiger partial charge in [0.15, 0.2) is 0 Å². The number of benzene rings is 3. The van der Waals surface area contributed by atoms with Crippen molar-refractivity contribution in [3.05, 3.63) is 106 Å². The Morgan fingerprint density at radius 2 is 1.70 bits per heavy atom. The number of nitrogens with one attached hydrogen (secondary N) is 3. The number of fused-ring (bicyclic) bond motifs is 3. The van der Waals surface area contributed by atoms with E-state index in [1.807, 2.05) is 93.6 Å². The third-order valence-electron chi connectivity index (χ3n) is 13.8. The van der Waals surface area contributed by atoms with Crippen LogP contribution in [0.1, 0.15) is 101 Å². The predicted molar refractivity (Wildman–Crippen MR) is 269 cm³/mol. The number of para-hydroxylation sites is 1. The third-order valence-corrected chi connectivity index (χ3v) is 14.8. The van der Waals surface area contributed by atoms with E-state index in [1.54, 1.807) is 11.3 Å². The largest absolute Gasteiger partial charge is 0.488 e. The summed E-state index contributed by atoms with van der Waals surface area (Å²) in [6.07, 6.45) is 2.04. The number of unbranched alkanes of at least 4 members (excludes halogenated alkanes) is 2. The van der Waals surface area contributed by atoms with Gasteiger partial charge in [-0.25, -0.2) is 18.2 Å². The molecule has 2 fully saturated rings. The van der Waals surface area contributed by atoms with Crippen molar-refractivity contribution in [2.45, 2.75) is 129 Å². The normalized spacial score (nSPS) is 20.5. The number of rotatable bonds is 19. The Kier molecular flexibility index (Phi) is 16.0. The number of aromatic amines is 1. The van der Waals surface area contributed by atoms with Gasteiger partial charge in [-0.1, -0.05) is 63.2 Å². The fourth-order valence-electron chi connectivity index (χ4n) is 10.2. The highest BCUT2D eigenvalue weighted by atomic mass is 32.1. The second-order valence-electron chi connectivity index (χ2n) is 21.3. The minimum absolute atomic E-state index is 0.000500. The quantitative estimate of drug-likeness (QED) is 0.0603. The van der Waals surface area contributed by atoms with Crippen LogP contribution in [-0.4, -0.2) is 129 Å². The molecule has 0 unspecified atom stereocenters. The molecule has 17 heteroatoms. The zero-order valence-electron chi connectivity index (χ0n) is 41.8. The second-order valence-corrected chi connectivity index (χ2v) is 22.1. The maximum absolute atomic E-state index is 16.2. The van der Waals surface area contributed by atoms with E-state index >= 15 is 13.2 Å². The summed E-state index contributed by atoms with van der Waals surface area (Å²) in [6.45, 7) is 14.8. The number of H-pyrrole nitrogens is 1. The molecule has 0 saturated carbocycles. The Labute approximate surface area is 418 Å². The lowest BCUT2D eigenvalue weighted by Gasteiger charge is -2.43. The van der Waals surface area contributed by atoms with E-state index in [0.717, 1.165) is 57.6 Å². The molecule has 2 saturated heterocycles. The molecule has 5 aromatic rings. The Balaban J connectivity index is 0.752. The van der Waals surface area contributed by atoms with Gasteiger partial charge in [-0.3, -0.25) is 24.2 Å². The van der Waals surface area contributed by atoms with Gasteiger partial charge in [0, 0.05) is 86.1 Å². The lowest BCUT2D eigenvalue weighted by Crippen LogP contribution is -2.58. The summed E-state index contributed by atoms with van der Waals surface area (Å²) in [5.41, 5.74) is 4.83. The number of alkyl halides is 1. The summed E-state index contributed by atoms with van der Waals surface area (Å²) < 4.78 is 59.3. The Bertz CT molecular complexity index is 2650. The van der Waals surface area contributed by atoms with Crippen LogP contribution >= 0.6 is 11.3 Å². The summed E-state index contributed by atoms with van der Waals surface area (Å²) in [5.74, 6) is -2.63. The molecule has 3 aromatic carbocycles. The highest BCUT2D eigenvalue weighted by Gasteiger charge is 2.45. The minimum Gasteiger partial charge on any atom is -0.488 e. The van der Waals surface area contributed by atoms with Gasteiger partial charge in [0.2, 0.25) is 17.7 Å². The van der Waals surface area contributed by atoms with Crippen LogP contribution in [0.2, 0.25) is 0 Å². The first-order valence-electron chi connectivity index (χ1n) is 24.8. The molecule has 0 aliphatic carbocycles. The van der Waals surface area contributed by atoms with Crippen LogP contribution < -0.4 is 15.4 Å². The van der Waals surface area contributed by atoms with Gasteiger partial charge < -0.3 is 35.1 Å². The molecule has 8 rings (SSSR count). The van der Waals surface area contributed by atoms with Gasteiger partial charge >= 0.3 is 0 Å². The van der Waals surface area contributed by atoms with Crippen molar-refractivity contribution in [2.75, 3.05) is 45.9 Å². The number of aromatic nitrogens is 2. The number of β-amino-alcohol motifs (C(OH)–C–C–N with tert-alkyl or cyclic N) is 1. The molecule has 3 amide bonds. The predicted octanol–water partition coefficient (Wildman–Crippen LogP) is 8.02. The highest BCUT2D eigenvalue weighted by Crippen LogP contribution is 2.44. The monoisotopic (exact) mass is 999 g/mol. The van der Waals surface area contributed by atoms with Crippen LogP contribution in [0.25, 0.3) is 21.3 Å². The van der Waals surface area contributed by atoms with Crippen LogP contribution in [-0.2, 0) is 32.1 Å². The number of ether oxygens (including phenoxy) is 2. The average Bonchev–Trinajstić information content (AvgIpc) is 4.02. The van der Waals surface area contributed by atoms with Crippen LogP contribution in [0, 0.1) is 24.0 Å². The van der Waals surface area contributed by atoms with E-state index in [9.17, 15) is 19.5 Å². The van der Waals surface area contributed by atoms with E-state index in [0.29, 0.717) is 38.2 Å². The van der Waals surface area contributed by atoms with Gasteiger partial charge in [-0.2, -0.15) is 0 Å². The minimum atomic E-state index is -1.59. The maximum atomic E-state index is 16.2. The molecule has 382 valence electrons. The van der Waals surface area contributed by atoms with E-state index in [1.165, 1.54) is 30.9 Å². The summed E-state index contributed by atoms with van der Waals surface area (Å²) in [5, 5.41) is 17.3. The van der Waals surface area contributed by atoms with Gasteiger partial charge in [-0.05, 0) is 88.1 Å². The topological polar surface area (TPSA) is 152 Å². The van der Waals surface area contributed by atoms with Gasteiger partial charge in [0.1, 0.15) is 47.8 Å². The Hall–Kier alpha value is -5.33. The molecule has 3 aliphatic rings. The number of likely N-dealkylation sites (tertiary alicyclic amines) is 2. The smallest absolute Gasteiger partial charge is 0.246 e. The molecule has 71 heavy (non-hydrogen) atoms. The number of aliphatic hydroxyl groups excluding tert-OH is 1. The molecule has 13 nitrogen and oxygen atoms in total. The zero-order chi connectivity index (χ0) is 50.8. The number of amides is 3. The maximum Gasteiger partial charge on any atom is 0.246 e. The molecule has 0 spiro atoms. The number of hydrogen-bond acceptors (Lipinski definition) is 10. The zero-order valence-corrected chi connectivity index (χ0v) is 42.6. The number of aryl methyl sites for hydroxylation is 1. The van der Waals surface area contributed by atoms with Crippen molar-refractivity contribution >= 4 is 40.0 Å². The van der Waals surface area contributed by atoms with Crippen LogP contribution in [0.5, 0.6) is 5.75 Å². The van der Waals surface area contributed by atoms with Crippen LogP contribution in [0.4, 0.5) is 13.2 Å². The van der Waals surface area contributed by atoms with Gasteiger partial charge in [0.25, 0.3) is 0 Å². The molecule has 0 radical (unpaired) electrons. The van der Waals surface area contributed by atoms with Gasteiger partial charge in [0.05, 0.1) is 28.2 Å². The number of carbonyl (C=O) groups is 3. The van der Waals surface area contributed by atoms with Gasteiger partial charge in [-0.15, -0.1) is 11.3 Å². The van der Waals surface area contributed by atoms with E-state index in [4.69, 9.17) is 9.47 Å². The number of aliphatic hydroxyl groups is 1. The van der Waals surface area contributed by atoms with Crippen LogP contribution in [0.15, 0.2) is 66.2 Å². The fourth-order valence-corrected chi connectivity index (χ4v) is 11.0. The SMILES string of the molecule is Cc1ncsc1-c1ccc(CNC(=O)[C@@H]2C[C@@H](O)CN2C(=O)[C@@H](NC(=O)COCCCCCN2CC(Oc3cc(F)c([C@@H]4c5[nH]c6ccccc6c5C[C@@H](C)N4CC(C)(C)F)c(F)c3)C2)C(C)(C)C)cc1. The van der Waals surface area contributed by atoms with E-state index in [2.05, 4.69) is 25.5 Å². The molecule has 2 aromatic heterocycles. The fraction of sp³-hybridized carbons (Fsp3) is 0.519. The van der Waals surface area contributed by atoms with E-state index in [-0.39, 0.29) is 62.0 Å².